The van der Waals surface area contributed by atoms with E-state index in [1.807, 2.05) is 6.07 Å². The molecule has 0 fully saturated rings. The normalized spacial score (nSPS) is 13.1. The first-order valence-corrected chi connectivity index (χ1v) is 7.99. The molecule has 0 atom stereocenters. The lowest BCUT2D eigenvalue weighted by atomic mass is 10.0. The van der Waals surface area contributed by atoms with Crippen LogP contribution < -0.4 is 14.8 Å². The zero-order valence-electron chi connectivity index (χ0n) is 13.2. The lowest BCUT2D eigenvalue weighted by molar-refractivity contribution is 0.174. The first kappa shape index (κ1) is 16.0. The van der Waals surface area contributed by atoms with Crippen LogP contribution in [0.25, 0.3) is 0 Å². The molecule has 1 heterocycles. The predicted molar refractivity (Wildman–Crippen MR) is 83.9 cm³/mol. The molecule has 0 spiro atoms. The van der Waals surface area contributed by atoms with E-state index in [0.29, 0.717) is 12.3 Å². The highest BCUT2D eigenvalue weighted by Gasteiger charge is 2.16. The summed E-state index contributed by atoms with van der Waals surface area (Å²) in [4.78, 5) is 0. The minimum atomic E-state index is 0.238. The molecular weight excluding hydrogens is 266 g/mol. The Morgan fingerprint density at radius 2 is 1.81 bits per heavy atom. The summed E-state index contributed by atoms with van der Waals surface area (Å²) in [6.45, 7) is 6.44. The molecule has 0 amide bonds. The third-order valence-corrected chi connectivity index (χ3v) is 3.77. The number of nitrogens with one attached hydrogen (secondary N) is 1. The Bertz CT molecular complexity index is 446. The van der Waals surface area contributed by atoms with Gasteiger partial charge < -0.3 is 19.9 Å². The number of hydrogen-bond acceptors (Lipinski definition) is 4. The van der Waals surface area contributed by atoms with Crippen molar-refractivity contribution in [3.05, 3.63) is 17.7 Å². The van der Waals surface area contributed by atoms with Crippen LogP contribution in [-0.2, 0) is 6.54 Å². The maximum Gasteiger partial charge on any atom is 0.231 e. The third kappa shape index (κ3) is 5.12. The molecular formula is C17H27NO3. The summed E-state index contributed by atoms with van der Waals surface area (Å²) in [5, 5.41) is 13.3. The fourth-order valence-corrected chi connectivity index (χ4v) is 2.49. The smallest absolute Gasteiger partial charge is 0.231 e. The van der Waals surface area contributed by atoms with Crippen LogP contribution in [0.5, 0.6) is 17.2 Å². The van der Waals surface area contributed by atoms with Crippen molar-refractivity contribution in [2.45, 2.75) is 52.5 Å². The highest BCUT2D eigenvalue weighted by atomic mass is 16.7. The lowest BCUT2D eigenvalue weighted by Gasteiger charge is -2.08. The molecule has 0 radical (unpaired) electrons. The van der Waals surface area contributed by atoms with Gasteiger partial charge in [0, 0.05) is 18.2 Å². The van der Waals surface area contributed by atoms with Gasteiger partial charge in [-0.1, -0.05) is 39.5 Å². The van der Waals surface area contributed by atoms with Crippen molar-refractivity contribution in [1.82, 2.24) is 5.32 Å². The zero-order valence-corrected chi connectivity index (χ0v) is 13.2. The summed E-state index contributed by atoms with van der Waals surface area (Å²) in [5.41, 5.74) is 0.860. The van der Waals surface area contributed by atoms with Gasteiger partial charge in [0.05, 0.1) is 0 Å². The molecule has 0 bridgehead atoms. The topological polar surface area (TPSA) is 50.7 Å². The van der Waals surface area contributed by atoms with E-state index < -0.39 is 0 Å². The number of phenolic OH excluding ortho intramolecular Hbond substituents is 1. The molecule has 0 saturated heterocycles. The predicted octanol–water partition coefficient (Wildman–Crippen LogP) is 3.82. The number of aromatic hydroxyl groups is 1. The van der Waals surface area contributed by atoms with Gasteiger partial charge in [0.2, 0.25) is 6.79 Å². The first-order chi connectivity index (χ1) is 10.2. The van der Waals surface area contributed by atoms with Gasteiger partial charge >= 0.3 is 0 Å². The summed E-state index contributed by atoms with van der Waals surface area (Å²) in [6, 6.07) is 3.48. The van der Waals surface area contributed by atoms with Crippen LogP contribution >= 0.6 is 0 Å². The van der Waals surface area contributed by atoms with Crippen molar-refractivity contribution in [1.29, 1.82) is 0 Å². The lowest BCUT2D eigenvalue weighted by Crippen LogP contribution is -2.14. The van der Waals surface area contributed by atoms with Gasteiger partial charge in [0.15, 0.2) is 11.5 Å². The molecule has 1 aliphatic rings. The summed E-state index contributed by atoms with van der Waals surface area (Å²) in [7, 11) is 0. The Morgan fingerprint density at radius 1 is 1.10 bits per heavy atom. The van der Waals surface area contributed by atoms with Gasteiger partial charge in [0.25, 0.3) is 0 Å². The van der Waals surface area contributed by atoms with Gasteiger partial charge in [-0.05, 0) is 24.9 Å². The zero-order chi connectivity index (χ0) is 15.1. The molecule has 0 saturated carbocycles. The molecule has 2 rings (SSSR count). The Morgan fingerprint density at radius 3 is 2.57 bits per heavy atom. The van der Waals surface area contributed by atoms with Crippen LogP contribution in [0.1, 0.15) is 51.5 Å². The Balaban J connectivity index is 1.61. The maximum atomic E-state index is 9.92. The van der Waals surface area contributed by atoms with Gasteiger partial charge in [-0.2, -0.15) is 0 Å². The third-order valence-electron chi connectivity index (χ3n) is 3.77. The fraction of sp³-hybridized carbons (Fsp3) is 0.647. The second-order valence-corrected chi connectivity index (χ2v) is 6.11. The van der Waals surface area contributed by atoms with Crippen molar-refractivity contribution in [3.63, 3.8) is 0 Å². The van der Waals surface area contributed by atoms with Crippen LogP contribution in [0, 0.1) is 5.92 Å². The molecule has 0 unspecified atom stereocenters. The van der Waals surface area contributed by atoms with Crippen molar-refractivity contribution in [3.8, 4) is 17.2 Å². The second-order valence-electron chi connectivity index (χ2n) is 6.11. The number of hydrogen-bond donors (Lipinski definition) is 2. The van der Waals surface area contributed by atoms with E-state index >= 15 is 0 Å². The van der Waals surface area contributed by atoms with Gasteiger partial charge in [0.1, 0.15) is 5.75 Å². The molecule has 0 aromatic heterocycles. The van der Waals surface area contributed by atoms with Crippen LogP contribution in [0.2, 0.25) is 0 Å². The van der Waals surface area contributed by atoms with E-state index in [1.54, 1.807) is 6.07 Å². The van der Waals surface area contributed by atoms with Gasteiger partial charge in [-0.3, -0.25) is 0 Å². The Labute approximate surface area is 127 Å². The minimum Gasteiger partial charge on any atom is -0.507 e. The van der Waals surface area contributed by atoms with Crippen LogP contribution in [0.3, 0.4) is 0 Å². The van der Waals surface area contributed by atoms with Gasteiger partial charge in [-0.25, -0.2) is 0 Å². The monoisotopic (exact) mass is 293 g/mol. The molecule has 1 aliphatic heterocycles. The first-order valence-electron chi connectivity index (χ1n) is 7.99. The molecule has 4 heteroatoms. The largest absolute Gasteiger partial charge is 0.507 e. The van der Waals surface area contributed by atoms with E-state index in [1.165, 1.54) is 32.1 Å². The summed E-state index contributed by atoms with van der Waals surface area (Å²) in [5.74, 6) is 2.43. The molecule has 0 aliphatic carbocycles. The molecule has 1 aromatic rings. The molecule has 1 aromatic carbocycles. The molecule has 21 heavy (non-hydrogen) atoms. The van der Waals surface area contributed by atoms with Crippen molar-refractivity contribution in [2.75, 3.05) is 13.3 Å². The van der Waals surface area contributed by atoms with E-state index in [-0.39, 0.29) is 12.5 Å². The number of ether oxygens (including phenoxy) is 2. The van der Waals surface area contributed by atoms with E-state index in [4.69, 9.17) is 9.47 Å². The van der Waals surface area contributed by atoms with Crippen molar-refractivity contribution >= 4 is 0 Å². The second kappa shape index (κ2) is 8.13. The Kier molecular flexibility index (Phi) is 6.18. The standard InChI is InChI=1S/C17H27NO3/c1-13(2)7-5-3-4-6-8-18-11-14-9-16-17(10-15(14)19)21-12-20-16/h9-10,13,18-19H,3-8,11-12H2,1-2H3. The number of rotatable bonds is 9. The summed E-state index contributed by atoms with van der Waals surface area (Å²) >= 11 is 0. The summed E-state index contributed by atoms with van der Waals surface area (Å²) in [6.07, 6.45) is 6.44. The Hall–Kier alpha value is -1.42. The SMILES string of the molecule is CC(C)CCCCCCNCc1cc2c(cc1O)OCO2. The van der Waals surface area contributed by atoms with Crippen molar-refractivity contribution in [2.24, 2.45) is 5.92 Å². The average Bonchev–Trinajstić information content (AvgIpc) is 2.88. The number of phenols is 1. The van der Waals surface area contributed by atoms with Crippen LogP contribution in [-0.4, -0.2) is 18.4 Å². The fourth-order valence-electron chi connectivity index (χ4n) is 2.49. The maximum absolute atomic E-state index is 9.92. The number of benzene rings is 1. The van der Waals surface area contributed by atoms with Crippen LogP contribution in [0.4, 0.5) is 0 Å². The number of fused-ring (bicyclic) bond motifs is 1. The van der Waals surface area contributed by atoms with E-state index in [0.717, 1.165) is 23.8 Å². The van der Waals surface area contributed by atoms with E-state index in [9.17, 15) is 5.11 Å². The molecule has 118 valence electrons. The highest BCUT2D eigenvalue weighted by molar-refractivity contribution is 5.51. The average molecular weight is 293 g/mol. The van der Waals surface area contributed by atoms with Crippen molar-refractivity contribution < 1.29 is 14.6 Å². The van der Waals surface area contributed by atoms with Crippen LogP contribution in [0.15, 0.2) is 12.1 Å². The molecule has 4 nitrogen and oxygen atoms in total. The highest BCUT2D eigenvalue weighted by Crippen LogP contribution is 2.37. The van der Waals surface area contributed by atoms with Gasteiger partial charge in [-0.15, -0.1) is 0 Å². The van der Waals surface area contributed by atoms with E-state index in [2.05, 4.69) is 19.2 Å². The summed E-state index contributed by atoms with van der Waals surface area (Å²) < 4.78 is 10.6. The quantitative estimate of drug-likeness (QED) is 0.680. The number of unbranched alkanes of at least 4 members (excludes halogenated alkanes) is 3. The minimum absolute atomic E-state index is 0.238. The molecule has 2 N–H and O–H groups in total.